The normalized spacial score (nSPS) is 23.5. The van der Waals surface area contributed by atoms with E-state index in [-0.39, 0.29) is 28.8 Å². The van der Waals surface area contributed by atoms with Crippen molar-refractivity contribution in [2.75, 3.05) is 30.4 Å². The van der Waals surface area contributed by atoms with E-state index in [4.69, 9.17) is 9.37 Å². The van der Waals surface area contributed by atoms with Gasteiger partial charge >= 0.3 is 0 Å². The fourth-order valence-corrected chi connectivity index (χ4v) is 5.96. The average molecular weight is 500 g/mol. The van der Waals surface area contributed by atoms with Crippen LogP contribution in [0.15, 0.2) is 16.8 Å². The van der Waals surface area contributed by atoms with E-state index in [0.717, 1.165) is 38.5 Å². The van der Waals surface area contributed by atoms with Crippen LogP contribution in [0.5, 0.6) is 0 Å². The standard InChI is InChI=1S/C26H34FN5O4/c1-3-19-23(32-36-31-19)25(34)30-22(16-6-4-15(2)5-7-16)24(33)29-17-12-18(27)21-20(13-17)28-14-26(21)8-10-35-11-9-26/h12-13,15-16,22,28H,3-11,14H2,1-2H3,(H,29,33)(H,30,34)/t15-,16-,22?. The molecule has 3 heterocycles. The predicted octanol–water partition coefficient (Wildman–Crippen LogP) is 3.81. The molecule has 0 radical (unpaired) electrons. The molecule has 2 aromatic rings. The average Bonchev–Trinajstić information content (AvgIpc) is 3.49. The number of hydrogen-bond donors (Lipinski definition) is 3. The summed E-state index contributed by atoms with van der Waals surface area (Å²) < 4.78 is 25.6. The number of nitrogens with one attached hydrogen (secondary N) is 3. The number of rotatable bonds is 6. The first-order valence-electron chi connectivity index (χ1n) is 13.0. The Morgan fingerprint density at radius 3 is 2.67 bits per heavy atom. The topological polar surface area (TPSA) is 118 Å². The molecule has 3 N–H and O–H groups in total. The van der Waals surface area contributed by atoms with Gasteiger partial charge in [0.2, 0.25) is 5.91 Å². The molecule has 2 amide bonds. The summed E-state index contributed by atoms with van der Waals surface area (Å²) in [5.74, 6) is -0.631. The molecule has 1 saturated carbocycles. The van der Waals surface area contributed by atoms with Crippen molar-refractivity contribution in [1.29, 1.82) is 0 Å². The molecule has 3 aliphatic rings. The van der Waals surface area contributed by atoms with E-state index in [0.29, 0.717) is 54.7 Å². The lowest BCUT2D eigenvalue weighted by atomic mass is 9.75. The van der Waals surface area contributed by atoms with E-state index in [1.165, 1.54) is 6.07 Å². The fraction of sp³-hybridized carbons (Fsp3) is 0.615. The van der Waals surface area contributed by atoms with Gasteiger partial charge in [-0.3, -0.25) is 9.59 Å². The maximum absolute atomic E-state index is 15.4. The van der Waals surface area contributed by atoms with Gasteiger partial charge in [-0.25, -0.2) is 9.02 Å². The Morgan fingerprint density at radius 2 is 1.94 bits per heavy atom. The summed E-state index contributed by atoms with van der Waals surface area (Å²) >= 11 is 0. The van der Waals surface area contributed by atoms with Crippen molar-refractivity contribution in [1.82, 2.24) is 15.6 Å². The quantitative estimate of drug-likeness (QED) is 0.553. The summed E-state index contributed by atoms with van der Waals surface area (Å²) in [5, 5.41) is 16.6. The lowest BCUT2D eigenvalue weighted by Gasteiger charge is -2.33. The molecule has 1 aliphatic carbocycles. The lowest BCUT2D eigenvalue weighted by molar-refractivity contribution is -0.119. The highest BCUT2D eigenvalue weighted by atomic mass is 19.1. The minimum absolute atomic E-state index is 0.0296. The van der Waals surface area contributed by atoms with E-state index < -0.39 is 11.9 Å². The Labute approximate surface area is 209 Å². The van der Waals surface area contributed by atoms with E-state index in [9.17, 15) is 9.59 Å². The second-order valence-electron chi connectivity index (χ2n) is 10.5. The van der Waals surface area contributed by atoms with Crippen LogP contribution in [0.25, 0.3) is 0 Å². The summed E-state index contributed by atoms with van der Waals surface area (Å²) in [6.07, 6.45) is 5.63. The Morgan fingerprint density at radius 1 is 1.19 bits per heavy atom. The van der Waals surface area contributed by atoms with Gasteiger partial charge in [-0.1, -0.05) is 31.8 Å². The van der Waals surface area contributed by atoms with Gasteiger partial charge in [0.05, 0.1) is 0 Å². The van der Waals surface area contributed by atoms with Crippen LogP contribution in [0.1, 0.15) is 74.1 Å². The zero-order chi connectivity index (χ0) is 25.3. The van der Waals surface area contributed by atoms with Crippen molar-refractivity contribution in [2.24, 2.45) is 11.8 Å². The molecule has 36 heavy (non-hydrogen) atoms. The molecule has 5 rings (SSSR count). The van der Waals surface area contributed by atoms with Gasteiger partial charge in [-0.2, -0.15) is 0 Å². The first-order valence-corrected chi connectivity index (χ1v) is 13.0. The van der Waals surface area contributed by atoms with Crippen molar-refractivity contribution < 1.29 is 23.3 Å². The summed E-state index contributed by atoms with van der Waals surface area (Å²) in [6, 6.07) is 2.40. The number of halogens is 1. The molecule has 1 spiro atoms. The van der Waals surface area contributed by atoms with Gasteiger partial charge in [0, 0.05) is 42.1 Å². The van der Waals surface area contributed by atoms with E-state index in [1.54, 1.807) is 6.07 Å². The number of amides is 2. The second kappa shape index (κ2) is 10.2. The summed E-state index contributed by atoms with van der Waals surface area (Å²) in [5.41, 5.74) is 2.03. The predicted molar refractivity (Wildman–Crippen MR) is 131 cm³/mol. The van der Waals surface area contributed by atoms with Crippen molar-refractivity contribution in [3.05, 3.63) is 34.9 Å². The van der Waals surface area contributed by atoms with Crippen molar-refractivity contribution in [2.45, 2.75) is 70.3 Å². The number of nitrogens with zero attached hydrogens (tertiary/aromatic N) is 2. The minimum atomic E-state index is -0.780. The van der Waals surface area contributed by atoms with Crippen LogP contribution >= 0.6 is 0 Å². The Hall–Kier alpha value is -3.01. The molecule has 1 unspecified atom stereocenters. The SMILES string of the molecule is CCc1nonc1C(=O)NC(C(=O)Nc1cc(F)c2c(c1)NCC21CCOCC1)[C@H]1CC[C@H](C)CC1. The van der Waals surface area contributed by atoms with Crippen molar-refractivity contribution >= 4 is 23.2 Å². The van der Waals surface area contributed by atoms with Crippen LogP contribution in [0.4, 0.5) is 15.8 Å². The molecular formula is C26H34FN5O4. The third kappa shape index (κ3) is 4.70. The largest absolute Gasteiger partial charge is 0.384 e. The Bertz CT molecular complexity index is 1120. The van der Waals surface area contributed by atoms with E-state index >= 15 is 4.39 Å². The molecule has 1 aromatic carbocycles. The number of aromatic nitrogens is 2. The maximum Gasteiger partial charge on any atom is 0.276 e. The third-order valence-electron chi connectivity index (χ3n) is 8.16. The van der Waals surface area contributed by atoms with E-state index in [1.807, 2.05) is 6.92 Å². The van der Waals surface area contributed by atoms with Gasteiger partial charge in [0.1, 0.15) is 17.6 Å². The molecule has 2 aliphatic heterocycles. The van der Waals surface area contributed by atoms with Crippen LogP contribution < -0.4 is 16.0 Å². The highest BCUT2D eigenvalue weighted by Crippen LogP contribution is 2.46. The molecule has 2 fully saturated rings. The van der Waals surface area contributed by atoms with Gasteiger partial charge in [0.15, 0.2) is 5.69 Å². The van der Waals surface area contributed by atoms with Crippen molar-refractivity contribution in [3.63, 3.8) is 0 Å². The molecule has 9 nitrogen and oxygen atoms in total. The zero-order valence-corrected chi connectivity index (χ0v) is 20.9. The third-order valence-corrected chi connectivity index (χ3v) is 8.16. The Kier molecular flexibility index (Phi) is 6.96. The minimum Gasteiger partial charge on any atom is -0.384 e. The van der Waals surface area contributed by atoms with Crippen LogP contribution in [0.3, 0.4) is 0 Å². The fourth-order valence-electron chi connectivity index (χ4n) is 5.96. The summed E-state index contributed by atoms with van der Waals surface area (Å²) in [7, 11) is 0. The number of fused-ring (bicyclic) bond motifs is 2. The van der Waals surface area contributed by atoms with Crippen LogP contribution in [-0.4, -0.2) is 47.9 Å². The number of benzene rings is 1. The highest BCUT2D eigenvalue weighted by Gasteiger charge is 2.43. The van der Waals surface area contributed by atoms with E-state index in [2.05, 4.69) is 33.2 Å². The number of ether oxygens (including phenoxy) is 1. The molecule has 0 bridgehead atoms. The maximum atomic E-state index is 15.4. The molecule has 1 atom stereocenters. The molecule has 1 aromatic heterocycles. The van der Waals surface area contributed by atoms with Gasteiger partial charge in [0.25, 0.3) is 5.91 Å². The van der Waals surface area contributed by atoms with Gasteiger partial charge in [-0.15, -0.1) is 0 Å². The van der Waals surface area contributed by atoms with Crippen LogP contribution in [-0.2, 0) is 21.4 Å². The number of anilines is 2. The summed E-state index contributed by atoms with van der Waals surface area (Å²) in [6.45, 7) is 5.93. The zero-order valence-electron chi connectivity index (χ0n) is 20.9. The monoisotopic (exact) mass is 499 g/mol. The first-order chi connectivity index (χ1) is 17.4. The molecule has 194 valence electrons. The number of hydrogen-bond acceptors (Lipinski definition) is 7. The second-order valence-corrected chi connectivity index (χ2v) is 10.5. The van der Waals surface area contributed by atoms with Gasteiger partial charge < -0.3 is 20.7 Å². The van der Waals surface area contributed by atoms with Crippen molar-refractivity contribution in [3.8, 4) is 0 Å². The van der Waals surface area contributed by atoms with Gasteiger partial charge in [-0.05, 0) is 61.2 Å². The van der Waals surface area contributed by atoms with Crippen LogP contribution in [0.2, 0.25) is 0 Å². The molecular weight excluding hydrogens is 465 g/mol. The molecule has 10 heteroatoms. The Balaban J connectivity index is 1.36. The highest BCUT2D eigenvalue weighted by molar-refractivity contribution is 6.01. The number of aryl methyl sites for hydroxylation is 1. The number of carbonyl (C=O) groups excluding carboxylic acids is 2. The smallest absolute Gasteiger partial charge is 0.276 e. The molecule has 1 saturated heterocycles. The summed E-state index contributed by atoms with van der Waals surface area (Å²) in [4.78, 5) is 26.5. The number of carbonyl (C=O) groups is 2. The first kappa shape index (κ1) is 24.7. The van der Waals surface area contributed by atoms with Crippen LogP contribution in [0, 0.1) is 17.7 Å². The lowest BCUT2D eigenvalue weighted by Crippen LogP contribution is -2.49.